The van der Waals surface area contributed by atoms with Gasteiger partial charge in [0.25, 0.3) is 0 Å². The fourth-order valence-electron chi connectivity index (χ4n) is 2.36. The van der Waals surface area contributed by atoms with Gasteiger partial charge in [0.05, 0.1) is 6.10 Å². The van der Waals surface area contributed by atoms with Crippen molar-refractivity contribution in [2.45, 2.75) is 46.6 Å². The van der Waals surface area contributed by atoms with E-state index in [4.69, 9.17) is 10.5 Å². The number of hydrogen-bond donors (Lipinski definition) is 1. The second kappa shape index (κ2) is 5.19. The van der Waals surface area contributed by atoms with Gasteiger partial charge in [0.2, 0.25) is 11.9 Å². The van der Waals surface area contributed by atoms with Crippen molar-refractivity contribution in [3.8, 4) is 6.01 Å². The highest BCUT2D eigenvalue weighted by molar-refractivity contribution is 5.36. The van der Waals surface area contributed by atoms with Crippen LogP contribution in [0.2, 0.25) is 0 Å². The molecule has 1 aliphatic rings. The molecule has 19 heavy (non-hydrogen) atoms. The van der Waals surface area contributed by atoms with E-state index >= 15 is 0 Å². The van der Waals surface area contributed by atoms with Crippen LogP contribution in [0.4, 0.5) is 11.9 Å². The maximum atomic E-state index is 5.74. The van der Waals surface area contributed by atoms with Crippen molar-refractivity contribution >= 4 is 11.9 Å². The van der Waals surface area contributed by atoms with Gasteiger partial charge in [-0.3, -0.25) is 0 Å². The lowest BCUT2D eigenvalue weighted by Crippen LogP contribution is -2.41. The lowest BCUT2D eigenvalue weighted by atomic mass is 9.84. The van der Waals surface area contributed by atoms with Crippen molar-refractivity contribution in [1.82, 2.24) is 15.0 Å². The Bertz CT molecular complexity index is 447. The molecule has 1 aromatic rings. The summed E-state index contributed by atoms with van der Waals surface area (Å²) >= 11 is 0. The largest absolute Gasteiger partial charge is 0.461 e. The van der Waals surface area contributed by atoms with Gasteiger partial charge in [-0.25, -0.2) is 0 Å². The minimum Gasteiger partial charge on any atom is -0.461 e. The molecule has 0 aliphatic carbocycles. The van der Waals surface area contributed by atoms with E-state index in [1.54, 1.807) is 0 Å². The number of piperidine rings is 1. The van der Waals surface area contributed by atoms with Gasteiger partial charge < -0.3 is 15.4 Å². The molecule has 0 aromatic carbocycles. The van der Waals surface area contributed by atoms with E-state index in [9.17, 15) is 0 Å². The summed E-state index contributed by atoms with van der Waals surface area (Å²) in [6, 6.07) is 0.306. The number of rotatable bonds is 3. The summed E-state index contributed by atoms with van der Waals surface area (Å²) in [5.41, 5.74) is 6.02. The average Bonchev–Trinajstić information content (AvgIpc) is 2.25. The van der Waals surface area contributed by atoms with Crippen molar-refractivity contribution in [1.29, 1.82) is 0 Å². The molecule has 0 atom stereocenters. The van der Waals surface area contributed by atoms with E-state index in [1.165, 1.54) is 6.42 Å². The number of hydrogen-bond acceptors (Lipinski definition) is 6. The Morgan fingerprint density at radius 3 is 2.63 bits per heavy atom. The molecule has 0 saturated carbocycles. The second-order valence-electron chi connectivity index (χ2n) is 6.13. The van der Waals surface area contributed by atoms with E-state index in [-0.39, 0.29) is 17.5 Å². The SMILES string of the molecule is CC(C)Oc1nc(N)nc(N2CCCC(C)(C)C2)n1. The van der Waals surface area contributed by atoms with Crippen LogP contribution in [0, 0.1) is 5.41 Å². The third-order valence-electron chi connectivity index (χ3n) is 3.14. The third-order valence-corrected chi connectivity index (χ3v) is 3.14. The van der Waals surface area contributed by atoms with E-state index in [2.05, 4.69) is 33.7 Å². The molecule has 106 valence electrons. The Labute approximate surface area is 114 Å². The van der Waals surface area contributed by atoms with Gasteiger partial charge in [0, 0.05) is 13.1 Å². The standard InChI is InChI=1S/C13H23N5O/c1-9(2)19-12-16-10(14)15-11(17-12)18-7-5-6-13(3,4)8-18/h9H,5-8H2,1-4H3,(H2,14,15,16,17). The fourth-order valence-corrected chi connectivity index (χ4v) is 2.36. The normalized spacial score (nSPS) is 18.7. The molecule has 2 N–H and O–H groups in total. The Morgan fingerprint density at radius 2 is 2.00 bits per heavy atom. The fraction of sp³-hybridized carbons (Fsp3) is 0.769. The van der Waals surface area contributed by atoms with Crippen LogP contribution in [-0.4, -0.2) is 34.1 Å². The molecule has 2 rings (SSSR count). The van der Waals surface area contributed by atoms with Crippen LogP contribution in [0.25, 0.3) is 0 Å². The molecule has 1 aromatic heterocycles. The van der Waals surface area contributed by atoms with Gasteiger partial charge in [-0.1, -0.05) is 13.8 Å². The first-order valence-corrected chi connectivity index (χ1v) is 6.79. The van der Waals surface area contributed by atoms with Crippen molar-refractivity contribution in [3.63, 3.8) is 0 Å². The highest BCUT2D eigenvalue weighted by Gasteiger charge is 2.28. The molecule has 0 radical (unpaired) electrons. The summed E-state index contributed by atoms with van der Waals surface area (Å²) in [5, 5.41) is 0. The molecule has 0 spiro atoms. The van der Waals surface area contributed by atoms with Gasteiger partial charge >= 0.3 is 6.01 Å². The van der Waals surface area contributed by atoms with Gasteiger partial charge in [0.15, 0.2) is 0 Å². The summed E-state index contributed by atoms with van der Waals surface area (Å²) in [5.74, 6) is 0.833. The van der Waals surface area contributed by atoms with E-state index in [0.717, 1.165) is 19.5 Å². The van der Waals surface area contributed by atoms with Crippen molar-refractivity contribution in [2.75, 3.05) is 23.7 Å². The Balaban J connectivity index is 2.21. The lowest BCUT2D eigenvalue weighted by Gasteiger charge is -2.38. The van der Waals surface area contributed by atoms with Gasteiger partial charge in [-0.05, 0) is 32.1 Å². The monoisotopic (exact) mass is 265 g/mol. The Kier molecular flexibility index (Phi) is 3.78. The van der Waals surface area contributed by atoms with E-state index in [0.29, 0.717) is 12.0 Å². The van der Waals surface area contributed by atoms with Crippen LogP contribution < -0.4 is 15.4 Å². The summed E-state index contributed by atoms with van der Waals surface area (Å²) in [4.78, 5) is 14.8. The number of nitrogens with two attached hydrogens (primary N) is 1. The summed E-state index contributed by atoms with van der Waals surface area (Å²) in [7, 11) is 0. The summed E-state index contributed by atoms with van der Waals surface area (Å²) < 4.78 is 5.51. The molecule has 0 unspecified atom stereocenters. The molecular weight excluding hydrogens is 242 g/mol. The number of nitrogen functional groups attached to an aromatic ring is 1. The molecule has 0 bridgehead atoms. The maximum Gasteiger partial charge on any atom is 0.323 e. The Morgan fingerprint density at radius 1 is 1.26 bits per heavy atom. The zero-order valence-corrected chi connectivity index (χ0v) is 12.2. The van der Waals surface area contributed by atoms with Gasteiger partial charge in [-0.15, -0.1) is 0 Å². The second-order valence-corrected chi connectivity index (χ2v) is 6.13. The topological polar surface area (TPSA) is 77.2 Å². The van der Waals surface area contributed by atoms with Crippen molar-refractivity contribution in [3.05, 3.63) is 0 Å². The predicted molar refractivity (Wildman–Crippen MR) is 75.2 cm³/mol. The lowest BCUT2D eigenvalue weighted by molar-refractivity contribution is 0.221. The third kappa shape index (κ3) is 3.68. The maximum absolute atomic E-state index is 5.74. The first-order valence-electron chi connectivity index (χ1n) is 6.79. The summed E-state index contributed by atoms with van der Waals surface area (Å²) in [6.07, 6.45) is 2.38. The van der Waals surface area contributed by atoms with Crippen molar-refractivity contribution in [2.24, 2.45) is 5.41 Å². The molecule has 6 heteroatoms. The molecule has 0 amide bonds. The molecule has 2 heterocycles. The number of anilines is 2. The van der Waals surface area contributed by atoms with Crippen LogP contribution in [0.15, 0.2) is 0 Å². The highest BCUT2D eigenvalue weighted by Crippen LogP contribution is 2.30. The van der Waals surface area contributed by atoms with Crippen LogP contribution in [0.1, 0.15) is 40.5 Å². The van der Waals surface area contributed by atoms with Gasteiger partial charge in [0.1, 0.15) is 0 Å². The number of aromatic nitrogens is 3. The van der Waals surface area contributed by atoms with Crippen LogP contribution in [-0.2, 0) is 0 Å². The van der Waals surface area contributed by atoms with Crippen molar-refractivity contribution < 1.29 is 4.74 Å². The minimum atomic E-state index is 0.0208. The van der Waals surface area contributed by atoms with E-state index < -0.39 is 0 Å². The van der Waals surface area contributed by atoms with Gasteiger partial charge in [-0.2, -0.15) is 15.0 Å². The zero-order valence-electron chi connectivity index (χ0n) is 12.2. The molecular formula is C13H23N5O. The average molecular weight is 265 g/mol. The quantitative estimate of drug-likeness (QED) is 0.899. The zero-order chi connectivity index (χ0) is 14.0. The number of nitrogens with zero attached hydrogens (tertiary/aromatic N) is 4. The smallest absolute Gasteiger partial charge is 0.323 e. The molecule has 6 nitrogen and oxygen atoms in total. The molecule has 1 aliphatic heterocycles. The van der Waals surface area contributed by atoms with E-state index in [1.807, 2.05) is 13.8 Å². The molecule has 1 saturated heterocycles. The molecule has 1 fully saturated rings. The predicted octanol–water partition coefficient (Wildman–Crippen LogP) is 1.87. The summed E-state index contributed by atoms with van der Waals surface area (Å²) in [6.45, 7) is 10.3. The number of ether oxygens (including phenoxy) is 1. The minimum absolute atomic E-state index is 0.0208. The Hall–Kier alpha value is -1.59. The van der Waals surface area contributed by atoms with Crippen LogP contribution in [0.5, 0.6) is 6.01 Å². The van der Waals surface area contributed by atoms with Crippen LogP contribution in [0.3, 0.4) is 0 Å². The first-order chi connectivity index (χ1) is 8.85. The van der Waals surface area contributed by atoms with Crippen LogP contribution >= 0.6 is 0 Å². The first kappa shape index (κ1) is 13.8. The highest BCUT2D eigenvalue weighted by atomic mass is 16.5.